The Morgan fingerprint density at radius 3 is 2.10 bits per heavy atom. The Bertz CT molecular complexity index is 1140. The second-order valence-electron chi connectivity index (χ2n) is 7.68. The fourth-order valence-electron chi connectivity index (χ4n) is 3.09. The van der Waals surface area contributed by atoms with Crippen LogP contribution in [-0.4, -0.2) is 33.3 Å². The van der Waals surface area contributed by atoms with E-state index in [1.165, 1.54) is 29.8 Å². The molecule has 0 fully saturated rings. The molecule has 0 aliphatic rings. The molecule has 0 aliphatic heterocycles. The van der Waals surface area contributed by atoms with Crippen molar-refractivity contribution in [3.63, 3.8) is 0 Å². The maximum atomic E-state index is 12.6. The van der Waals surface area contributed by atoms with Gasteiger partial charge < -0.3 is 10.2 Å². The molecular formula is C24H27N3O3S. The van der Waals surface area contributed by atoms with Crippen LogP contribution in [0, 0.1) is 6.92 Å². The molecule has 1 amide bonds. The fraction of sp³-hybridized carbons (Fsp3) is 0.208. The first-order valence-corrected chi connectivity index (χ1v) is 11.4. The Hall–Kier alpha value is -3.16. The largest absolute Gasteiger partial charge is 0.348 e. The molecule has 0 unspecified atom stereocenters. The van der Waals surface area contributed by atoms with E-state index in [1.807, 2.05) is 57.4 Å². The van der Waals surface area contributed by atoms with Gasteiger partial charge in [-0.25, -0.2) is 8.42 Å². The molecule has 0 aliphatic carbocycles. The van der Waals surface area contributed by atoms with Gasteiger partial charge in [0.1, 0.15) is 0 Å². The third-order valence-corrected chi connectivity index (χ3v) is 6.17. The second-order valence-corrected chi connectivity index (χ2v) is 9.36. The van der Waals surface area contributed by atoms with Gasteiger partial charge in [0.15, 0.2) is 0 Å². The van der Waals surface area contributed by atoms with Gasteiger partial charge in [-0.05, 0) is 68.0 Å². The van der Waals surface area contributed by atoms with Gasteiger partial charge in [-0.3, -0.25) is 9.52 Å². The average Bonchev–Trinajstić information content (AvgIpc) is 2.74. The number of carbonyl (C=O) groups excluding carboxylic acids is 1. The maximum absolute atomic E-state index is 12.6. The summed E-state index contributed by atoms with van der Waals surface area (Å²) in [5.41, 5.74) is 3.96. The SMILES string of the molecule is Cc1ccccc1NS(=O)(=O)c1ccc(C(=O)NCc2ccc(CN(C)C)cc2)cc1. The van der Waals surface area contributed by atoms with Gasteiger partial charge >= 0.3 is 0 Å². The summed E-state index contributed by atoms with van der Waals surface area (Å²) < 4.78 is 27.8. The van der Waals surface area contributed by atoms with Crippen molar-refractivity contribution in [2.45, 2.75) is 24.9 Å². The Balaban J connectivity index is 1.61. The highest BCUT2D eigenvalue weighted by Gasteiger charge is 2.16. The number of nitrogens with one attached hydrogen (secondary N) is 2. The first-order valence-electron chi connectivity index (χ1n) is 9.94. The average molecular weight is 438 g/mol. The number of sulfonamides is 1. The molecule has 3 aromatic carbocycles. The molecule has 0 spiro atoms. The number of para-hydroxylation sites is 1. The summed E-state index contributed by atoms with van der Waals surface area (Å²) in [5, 5.41) is 2.87. The second kappa shape index (κ2) is 9.76. The minimum atomic E-state index is -3.73. The standard InChI is InChI=1S/C24H27N3O3S/c1-18-6-4-5-7-23(18)26-31(29,30)22-14-12-21(13-15-22)24(28)25-16-19-8-10-20(11-9-19)17-27(2)3/h4-15,26H,16-17H2,1-3H3,(H,25,28). The molecule has 0 atom stereocenters. The summed E-state index contributed by atoms with van der Waals surface area (Å²) in [6.45, 7) is 3.09. The van der Waals surface area contributed by atoms with E-state index in [0.29, 0.717) is 17.8 Å². The molecule has 0 aromatic heterocycles. The lowest BCUT2D eigenvalue weighted by molar-refractivity contribution is 0.0951. The van der Waals surface area contributed by atoms with Crippen molar-refractivity contribution in [1.82, 2.24) is 10.2 Å². The summed E-state index contributed by atoms with van der Waals surface area (Å²) in [6.07, 6.45) is 0. The number of benzene rings is 3. The van der Waals surface area contributed by atoms with Gasteiger partial charge in [-0.2, -0.15) is 0 Å². The van der Waals surface area contributed by atoms with Crippen LogP contribution in [0.3, 0.4) is 0 Å². The molecule has 0 bridgehead atoms. The third-order valence-electron chi connectivity index (χ3n) is 4.79. The Kier molecular flexibility index (Phi) is 7.09. The molecule has 6 nitrogen and oxygen atoms in total. The van der Waals surface area contributed by atoms with Crippen molar-refractivity contribution in [2.24, 2.45) is 0 Å². The van der Waals surface area contributed by atoms with Gasteiger partial charge in [0.2, 0.25) is 0 Å². The zero-order valence-electron chi connectivity index (χ0n) is 17.9. The molecule has 0 saturated carbocycles. The highest BCUT2D eigenvalue weighted by atomic mass is 32.2. The van der Waals surface area contributed by atoms with Gasteiger partial charge in [0, 0.05) is 18.7 Å². The Morgan fingerprint density at radius 2 is 1.48 bits per heavy atom. The smallest absolute Gasteiger partial charge is 0.261 e. The van der Waals surface area contributed by atoms with Crippen LogP contribution < -0.4 is 10.0 Å². The molecule has 0 heterocycles. The lowest BCUT2D eigenvalue weighted by Gasteiger charge is -2.11. The van der Waals surface area contributed by atoms with E-state index in [-0.39, 0.29) is 10.8 Å². The van der Waals surface area contributed by atoms with E-state index < -0.39 is 10.0 Å². The number of amides is 1. The van der Waals surface area contributed by atoms with E-state index >= 15 is 0 Å². The van der Waals surface area contributed by atoms with Crippen molar-refractivity contribution in [3.05, 3.63) is 95.1 Å². The Labute approximate surface area is 184 Å². The summed E-state index contributed by atoms with van der Waals surface area (Å²) in [7, 11) is 0.303. The first-order chi connectivity index (χ1) is 14.7. The molecule has 3 aromatic rings. The monoisotopic (exact) mass is 437 g/mol. The van der Waals surface area contributed by atoms with Crippen molar-refractivity contribution in [2.75, 3.05) is 18.8 Å². The zero-order valence-corrected chi connectivity index (χ0v) is 18.7. The van der Waals surface area contributed by atoms with Crippen LogP contribution in [-0.2, 0) is 23.1 Å². The number of hydrogen-bond donors (Lipinski definition) is 2. The summed E-state index contributed by atoms with van der Waals surface area (Å²) >= 11 is 0. The van der Waals surface area contributed by atoms with E-state index in [2.05, 4.69) is 14.9 Å². The number of nitrogens with zero attached hydrogens (tertiary/aromatic N) is 1. The molecule has 7 heteroatoms. The molecule has 0 radical (unpaired) electrons. The zero-order chi connectivity index (χ0) is 22.4. The highest BCUT2D eigenvalue weighted by molar-refractivity contribution is 7.92. The molecule has 3 rings (SSSR count). The first kappa shape index (κ1) is 22.5. The predicted octanol–water partition coefficient (Wildman–Crippen LogP) is 3.79. The summed E-state index contributed by atoms with van der Waals surface area (Å²) in [6, 6.07) is 21.1. The van der Waals surface area contributed by atoms with Gasteiger partial charge in [-0.1, -0.05) is 42.5 Å². The third kappa shape index (κ3) is 6.16. The van der Waals surface area contributed by atoms with Crippen molar-refractivity contribution >= 4 is 21.6 Å². The van der Waals surface area contributed by atoms with Crippen LogP contribution in [0.4, 0.5) is 5.69 Å². The van der Waals surface area contributed by atoms with Crippen LogP contribution in [0.25, 0.3) is 0 Å². The van der Waals surface area contributed by atoms with Gasteiger partial charge in [0.25, 0.3) is 15.9 Å². The van der Waals surface area contributed by atoms with Crippen LogP contribution in [0.15, 0.2) is 77.7 Å². The van der Waals surface area contributed by atoms with E-state index in [9.17, 15) is 13.2 Å². The normalized spacial score (nSPS) is 11.4. The predicted molar refractivity (Wildman–Crippen MR) is 123 cm³/mol. The number of aryl methyl sites for hydroxylation is 1. The Morgan fingerprint density at radius 1 is 0.871 bits per heavy atom. The van der Waals surface area contributed by atoms with Crippen LogP contribution in [0.1, 0.15) is 27.0 Å². The van der Waals surface area contributed by atoms with Crippen LogP contribution >= 0.6 is 0 Å². The fourth-order valence-corrected chi connectivity index (χ4v) is 4.22. The van der Waals surface area contributed by atoms with E-state index in [0.717, 1.165) is 17.7 Å². The molecule has 0 saturated heterocycles. The quantitative estimate of drug-likeness (QED) is 0.562. The number of rotatable bonds is 8. The van der Waals surface area contributed by atoms with E-state index in [1.54, 1.807) is 12.1 Å². The lowest BCUT2D eigenvalue weighted by Crippen LogP contribution is -2.23. The lowest BCUT2D eigenvalue weighted by atomic mass is 10.1. The summed E-state index contributed by atoms with van der Waals surface area (Å²) in [4.78, 5) is 14.6. The summed E-state index contributed by atoms with van der Waals surface area (Å²) in [5.74, 6) is -0.256. The number of anilines is 1. The highest BCUT2D eigenvalue weighted by Crippen LogP contribution is 2.19. The van der Waals surface area contributed by atoms with Crippen LogP contribution in [0.2, 0.25) is 0 Å². The minimum Gasteiger partial charge on any atom is -0.348 e. The topological polar surface area (TPSA) is 78.5 Å². The molecule has 31 heavy (non-hydrogen) atoms. The number of hydrogen-bond acceptors (Lipinski definition) is 4. The van der Waals surface area contributed by atoms with E-state index in [4.69, 9.17) is 0 Å². The van der Waals surface area contributed by atoms with Crippen molar-refractivity contribution < 1.29 is 13.2 Å². The molecular weight excluding hydrogens is 410 g/mol. The van der Waals surface area contributed by atoms with Gasteiger partial charge in [-0.15, -0.1) is 0 Å². The van der Waals surface area contributed by atoms with Gasteiger partial charge in [0.05, 0.1) is 10.6 Å². The molecule has 2 N–H and O–H groups in total. The van der Waals surface area contributed by atoms with Crippen molar-refractivity contribution in [1.29, 1.82) is 0 Å². The van der Waals surface area contributed by atoms with Crippen LogP contribution in [0.5, 0.6) is 0 Å². The van der Waals surface area contributed by atoms with Crippen molar-refractivity contribution in [3.8, 4) is 0 Å². The minimum absolute atomic E-state index is 0.101. The number of carbonyl (C=O) groups is 1. The maximum Gasteiger partial charge on any atom is 0.261 e. The molecule has 162 valence electrons.